The van der Waals surface area contributed by atoms with E-state index in [9.17, 15) is 9.59 Å². The molecule has 1 saturated carbocycles. The first-order valence-corrected chi connectivity index (χ1v) is 11.7. The predicted molar refractivity (Wildman–Crippen MR) is 121 cm³/mol. The average Bonchev–Trinajstić information content (AvgIpc) is 3.48. The molecule has 29 heavy (non-hydrogen) atoms. The van der Waals surface area contributed by atoms with E-state index in [1.54, 1.807) is 28.8 Å². The third-order valence-corrected chi connectivity index (χ3v) is 7.60. The molecule has 1 aliphatic rings. The molecule has 0 spiro atoms. The number of carbonyl (C=O) groups excluding carboxylic acids is 1. The van der Waals surface area contributed by atoms with Crippen molar-refractivity contribution in [1.29, 1.82) is 0 Å². The summed E-state index contributed by atoms with van der Waals surface area (Å²) in [5.41, 5.74) is 1.53. The molecule has 0 aliphatic heterocycles. The standard InChI is InChI=1S/C21H22ClN3O2S2/c1-11-13(3)29-19-18(11)20(27)25(16-8-6-15(22)7-9-16)21(24-19)28-10-17(26)23-12(2)14-4-5-14/h6-9,12,14H,4-5,10H2,1-3H3,(H,23,26). The monoisotopic (exact) mass is 447 g/mol. The van der Waals surface area contributed by atoms with Crippen LogP contribution in [0.2, 0.25) is 5.02 Å². The molecular formula is C21H22ClN3O2S2. The fraction of sp³-hybridized carbons (Fsp3) is 0.381. The highest BCUT2D eigenvalue weighted by atomic mass is 35.5. The van der Waals surface area contributed by atoms with E-state index < -0.39 is 0 Å². The van der Waals surface area contributed by atoms with Gasteiger partial charge < -0.3 is 5.32 Å². The first-order chi connectivity index (χ1) is 13.8. The Labute approximate surface area is 182 Å². The summed E-state index contributed by atoms with van der Waals surface area (Å²) in [6.07, 6.45) is 2.36. The zero-order chi connectivity index (χ0) is 20.7. The van der Waals surface area contributed by atoms with Crippen molar-refractivity contribution >= 4 is 50.8 Å². The van der Waals surface area contributed by atoms with Crippen molar-refractivity contribution < 1.29 is 4.79 Å². The van der Waals surface area contributed by atoms with Gasteiger partial charge in [0.25, 0.3) is 5.56 Å². The molecule has 1 N–H and O–H groups in total. The molecule has 1 atom stereocenters. The zero-order valence-electron chi connectivity index (χ0n) is 16.5. The number of hydrogen-bond acceptors (Lipinski definition) is 5. The molecule has 3 aromatic rings. The minimum Gasteiger partial charge on any atom is -0.353 e. The Morgan fingerprint density at radius 2 is 2.03 bits per heavy atom. The van der Waals surface area contributed by atoms with Crippen molar-refractivity contribution in [2.75, 3.05) is 5.75 Å². The summed E-state index contributed by atoms with van der Waals surface area (Å²) in [6.45, 7) is 5.99. The SMILES string of the molecule is Cc1sc2nc(SCC(=O)NC(C)C3CC3)n(-c3ccc(Cl)cc3)c(=O)c2c1C. The molecule has 2 aromatic heterocycles. The topological polar surface area (TPSA) is 64.0 Å². The molecule has 1 aromatic carbocycles. The van der Waals surface area contributed by atoms with E-state index in [4.69, 9.17) is 16.6 Å². The Morgan fingerprint density at radius 1 is 1.34 bits per heavy atom. The highest BCUT2D eigenvalue weighted by Crippen LogP contribution is 2.33. The lowest BCUT2D eigenvalue weighted by Gasteiger charge is -2.14. The first-order valence-electron chi connectivity index (χ1n) is 9.56. The zero-order valence-corrected chi connectivity index (χ0v) is 18.9. The molecule has 5 nitrogen and oxygen atoms in total. The highest BCUT2D eigenvalue weighted by molar-refractivity contribution is 7.99. The number of amides is 1. The molecule has 0 saturated heterocycles. The second-order valence-corrected chi connectivity index (χ2v) is 10.0. The van der Waals surface area contributed by atoms with Crippen LogP contribution in [0.1, 0.15) is 30.2 Å². The number of nitrogens with one attached hydrogen (secondary N) is 1. The number of benzene rings is 1. The van der Waals surface area contributed by atoms with Crippen LogP contribution in [0.25, 0.3) is 15.9 Å². The van der Waals surface area contributed by atoms with E-state index in [1.165, 1.54) is 35.9 Å². The van der Waals surface area contributed by atoms with Crippen LogP contribution in [0.15, 0.2) is 34.2 Å². The molecular weight excluding hydrogens is 426 g/mol. The van der Waals surface area contributed by atoms with E-state index in [2.05, 4.69) is 5.32 Å². The lowest BCUT2D eigenvalue weighted by Crippen LogP contribution is -2.35. The van der Waals surface area contributed by atoms with Crippen LogP contribution in [0.3, 0.4) is 0 Å². The normalized spacial score (nSPS) is 14.9. The Bertz CT molecular complexity index is 1130. The highest BCUT2D eigenvalue weighted by Gasteiger charge is 2.29. The first kappa shape index (κ1) is 20.4. The summed E-state index contributed by atoms with van der Waals surface area (Å²) in [5.74, 6) is 0.777. The maximum atomic E-state index is 13.4. The maximum Gasteiger partial charge on any atom is 0.267 e. The number of thiophene rings is 1. The van der Waals surface area contributed by atoms with Crippen LogP contribution in [-0.4, -0.2) is 27.3 Å². The number of aromatic nitrogens is 2. The van der Waals surface area contributed by atoms with Crippen molar-refractivity contribution in [2.45, 2.75) is 44.8 Å². The molecule has 4 rings (SSSR count). The van der Waals surface area contributed by atoms with Crippen LogP contribution >= 0.6 is 34.7 Å². The molecule has 1 unspecified atom stereocenters. The van der Waals surface area contributed by atoms with Crippen LogP contribution in [-0.2, 0) is 4.79 Å². The lowest BCUT2D eigenvalue weighted by molar-refractivity contribution is -0.119. The second-order valence-electron chi connectivity index (χ2n) is 7.46. The van der Waals surface area contributed by atoms with E-state index in [1.807, 2.05) is 20.8 Å². The summed E-state index contributed by atoms with van der Waals surface area (Å²) >= 11 is 8.82. The average molecular weight is 448 g/mol. The minimum atomic E-state index is -0.117. The van der Waals surface area contributed by atoms with Crippen molar-refractivity contribution in [2.24, 2.45) is 5.92 Å². The number of carbonyl (C=O) groups is 1. The van der Waals surface area contributed by atoms with E-state index in [0.717, 1.165) is 10.4 Å². The van der Waals surface area contributed by atoms with Gasteiger partial charge in [-0.3, -0.25) is 14.2 Å². The predicted octanol–water partition coefficient (Wildman–Crippen LogP) is 4.72. The van der Waals surface area contributed by atoms with Crippen molar-refractivity contribution in [1.82, 2.24) is 14.9 Å². The summed E-state index contributed by atoms with van der Waals surface area (Å²) in [6, 6.07) is 7.28. The molecule has 152 valence electrons. The summed E-state index contributed by atoms with van der Waals surface area (Å²) in [5, 5.41) is 4.80. The summed E-state index contributed by atoms with van der Waals surface area (Å²) < 4.78 is 1.58. The smallest absolute Gasteiger partial charge is 0.267 e. The Morgan fingerprint density at radius 3 is 2.69 bits per heavy atom. The van der Waals surface area contributed by atoms with E-state index in [-0.39, 0.29) is 23.3 Å². The number of rotatable bonds is 6. The summed E-state index contributed by atoms with van der Waals surface area (Å²) in [7, 11) is 0. The van der Waals surface area contributed by atoms with Gasteiger partial charge in [-0.25, -0.2) is 4.98 Å². The van der Waals surface area contributed by atoms with Gasteiger partial charge in [0.15, 0.2) is 5.16 Å². The van der Waals surface area contributed by atoms with Gasteiger partial charge in [0.05, 0.1) is 16.8 Å². The fourth-order valence-corrected chi connectivity index (χ4v) is 5.35. The van der Waals surface area contributed by atoms with Gasteiger partial charge in [-0.05, 0) is 69.4 Å². The van der Waals surface area contributed by atoms with Gasteiger partial charge in [0.1, 0.15) is 4.83 Å². The van der Waals surface area contributed by atoms with Crippen LogP contribution in [0.4, 0.5) is 0 Å². The fourth-order valence-electron chi connectivity index (χ4n) is 3.33. The number of nitrogens with zero attached hydrogens (tertiary/aromatic N) is 2. The van der Waals surface area contributed by atoms with Gasteiger partial charge in [0, 0.05) is 15.9 Å². The molecule has 1 amide bonds. The Hall–Kier alpha value is -1.83. The lowest BCUT2D eigenvalue weighted by atomic mass is 10.2. The number of hydrogen-bond donors (Lipinski definition) is 1. The van der Waals surface area contributed by atoms with Crippen molar-refractivity contribution in [3.63, 3.8) is 0 Å². The number of halogens is 1. The van der Waals surface area contributed by atoms with Crippen LogP contribution in [0, 0.1) is 19.8 Å². The minimum absolute atomic E-state index is 0.0371. The van der Waals surface area contributed by atoms with Gasteiger partial charge in [-0.15, -0.1) is 11.3 Å². The van der Waals surface area contributed by atoms with Crippen molar-refractivity contribution in [3.05, 3.63) is 50.1 Å². The molecule has 0 bridgehead atoms. The quantitative estimate of drug-likeness (QED) is 0.438. The van der Waals surface area contributed by atoms with Gasteiger partial charge >= 0.3 is 0 Å². The largest absolute Gasteiger partial charge is 0.353 e. The molecule has 2 heterocycles. The maximum absolute atomic E-state index is 13.4. The molecule has 1 aliphatic carbocycles. The Kier molecular flexibility index (Phi) is 5.73. The van der Waals surface area contributed by atoms with E-state index >= 15 is 0 Å². The van der Waals surface area contributed by atoms with Crippen LogP contribution in [0.5, 0.6) is 0 Å². The molecule has 8 heteroatoms. The van der Waals surface area contributed by atoms with Gasteiger partial charge in [-0.1, -0.05) is 23.4 Å². The molecule has 1 fully saturated rings. The second kappa shape index (κ2) is 8.13. The van der Waals surface area contributed by atoms with E-state index in [0.29, 0.717) is 32.0 Å². The number of fused-ring (bicyclic) bond motifs is 1. The summed E-state index contributed by atoms with van der Waals surface area (Å²) in [4.78, 5) is 32.3. The van der Waals surface area contributed by atoms with Crippen molar-refractivity contribution in [3.8, 4) is 5.69 Å². The van der Waals surface area contributed by atoms with Gasteiger partial charge in [0.2, 0.25) is 5.91 Å². The number of thioether (sulfide) groups is 1. The number of aryl methyl sites for hydroxylation is 2. The third kappa shape index (κ3) is 4.22. The van der Waals surface area contributed by atoms with Crippen LogP contribution < -0.4 is 10.9 Å². The Balaban J connectivity index is 1.71. The third-order valence-electron chi connectivity index (χ3n) is 5.31. The molecule has 0 radical (unpaired) electrons. The van der Waals surface area contributed by atoms with Gasteiger partial charge in [-0.2, -0.15) is 0 Å².